The van der Waals surface area contributed by atoms with Gasteiger partial charge in [-0.3, -0.25) is 9.59 Å². The fourth-order valence-electron chi connectivity index (χ4n) is 3.63. The van der Waals surface area contributed by atoms with Gasteiger partial charge in [0.15, 0.2) is 0 Å². The Kier molecular flexibility index (Phi) is 11.1. The molecule has 1 aromatic rings. The zero-order valence-electron chi connectivity index (χ0n) is 22.9. The molecule has 0 aliphatic heterocycles. The summed E-state index contributed by atoms with van der Waals surface area (Å²) in [5.74, 6) is -0.976. The minimum Gasteiger partial charge on any atom is -0.508 e. The zero-order valence-corrected chi connectivity index (χ0v) is 22.9. The van der Waals surface area contributed by atoms with E-state index in [1.165, 1.54) is 17.0 Å². The molecule has 0 spiro atoms. The van der Waals surface area contributed by atoms with Crippen molar-refractivity contribution in [2.24, 2.45) is 5.92 Å². The summed E-state index contributed by atoms with van der Waals surface area (Å²) < 4.78 is 5.39. The first-order valence-corrected chi connectivity index (χ1v) is 12.5. The van der Waals surface area contributed by atoms with Crippen LogP contribution < -0.4 is 10.6 Å². The van der Waals surface area contributed by atoms with Crippen molar-refractivity contribution in [2.45, 2.75) is 105 Å². The van der Waals surface area contributed by atoms with E-state index in [1.54, 1.807) is 32.9 Å². The molecule has 3 N–H and O–H groups in total. The summed E-state index contributed by atoms with van der Waals surface area (Å²) in [4.78, 5) is 41.6. The van der Waals surface area contributed by atoms with E-state index in [9.17, 15) is 19.5 Å². The van der Waals surface area contributed by atoms with Crippen LogP contribution in [0, 0.1) is 5.92 Å². The molecular formula is C27H45N3O5. The fraction of sp³-hybridized carbons (Fsp3) is 0.667. The second-order valence-electron chi connectivity index (χ2n) is 11.3. The molecule has 0 aliphatic rings. The Morgan fingerprint density at radius 1 is 1.06 bits per heavy atom. The Bertz CT molecular complexity index is 855. The average molecular weight is 492 g/mol. The molecule has 0 aromatic heterocycles. The molecule has 1 aromatic carbocycles. The van der Waals surface area contributed by atoms with Crippen LogP contribution in [0.15, 0.2) is 24.3 Å². The number of alkyl carbamates (subject to hydrolysis) is 1. The van der Waals surface area contributed by atoms with E-state index in [4.69, 9.17) is 4.74 Å². The lowest BCUT2D eigenvalue weighted by atomic mass is 9.97. The van der Waals surface area contributed by atoms with Crippen LogP contribution in [-0.2, 0) is 14.3 Å². The molecular weight excluding hydrogens is 446 g/mol. The normalized spacial score (nSPS) is 13.7. The molecule has 0 heterocycles. The predicted molar refractivity (Wildman–Crippen MR) is 138 cm³/mol. The lowest BCUT2D eigenvalue weighted by Crippen LogP contribution is -2.56. The third kappa shape index (κ3) is 10.6. The maximum Gasteiger partial charge on any atom is 0.408 e. The SMILES string of the molecule is CCCCCN(C(=O)C(NC(=O)OC(C)(C)C)C(C)C)C(C(=O)NC(C)(C)C)c1cccc(O)c1. The van der Waals surface area contributed by atoms with Crippen LogP contribution >= 0.6 is 0 Å². The Balaban J connectivity index is 3.49. The summed E-state index contributed by atoms with van der Waals surface area (Å²) in [6.07, 6.45) is 1.82. The summed E-state index contributed by atoms with van der Waals surface area (Å²) in [5, 5.41) is 15.8. The molecule has 8 heteroatoms. The van der Waals surface area contributed by atoms with Gasteiger partial charge in [0, 0.05) is 12.1 Å². The van der Waals surface area contributed by atoms with Crippen LogP contribution in [0.2, 0.25) is 0 Å². The molecule has 2 unspecified atom stereocenters. The first-order chi connectivity index (χ1) is 16.1. The van der Waals surface area contributed by atoms with Crippen molar-refractivity contribution in [2.75, 3.05) is 6.54 Å². The van der Waals surface area contributed by atoms with Crippen LogP contribution in [0.5, 0.6) is 5.75 Å². The maximum atomic E-state index is 14.0. The highest BCUT2D eigenvalue weighted by Gasteiger charge is 2.38. The molecule has 0 saturated carbocycles. The van der Waals surface area contributed by atoms with Crippen LogP contribution in [0.1, 0.15) is 93.2 Å². The van der Waals surface area contributed by atoms with Gasteiger partial charge in [-0.25, -0.2) is 4.79 Å². The van der Waals surface area contributed by atoms with E-state index in [0.717, 1.165) is 12.8 Å². The van der Waals surface area contributed by atoms with Crippen molar-refractivity contribution >= 4 is 17.9 Å². The van der Waals surface area contributed by atoms with Gasteiger partial charge in [0.1, 0.15) is 23.4 Å². The van der Waals surface area contributed by atoms with Crippen molar-refractivity contribution in [3.8, 4) is 5.75 Å². The number of benzene rings is 1. The number of carbonyl (C=O) groups is 3. The van der Waals surface area contributed by atoms with Gasteiger partial charge in [0.25, 0.3) is 0 Å². The molecule has 3 amide bonds. The molecule has 35 heavy (non-hydrogen) atoms. The van der Waals surface area contributed by atoms with Gasteiger partial charge in [-0.1, -0.05) is 45.7 Å². The third-order valence-electron chi connectivity index (χ3n) is 5.13. The standard InChI is InChI=1S/C27H45N3O5/c1-10-11-12-16-30(24(33)21(18(2)3)28-25(34)35-27(7,8)9)22(23(32)29-26(4,5)6)19-14-13-15-20(31)17-19/h13-15,17-18,21-22,31H,10-12,16H2,1-9H3,(H,28,34)(H,29,32). The number of amides is 3. The molecule has 198 valence electrons. The molecule has 0 saturated heterocycles. The smallest absolute Gasteiger partial charge is 0.408 e. The summed E-state index contributed by atoms with van der Waals surface area (Å²) in [7, 11) is 0. The zero-order chi connectivity index (χ0) is 27.0. The quantitative estimate of drug-likeness (QED) is 0.403. The Labute approximate surface area is 210 Å². The summed E-state index contributed by atoms with van der Waals surface area (Å²) in [6, 6.07) is 4.51. The van der Waals surface area contributed by atoms with Gasteiger partial charge in [-0.15, -0.1) is 0 Å². The van der Waals surface area contributed by atoms with Crippen molar-refractivity contribution < 1.29 is 24.2 Å². The molecule has 0 fully saturated rings. The lowest BCUT2D eigenvalue weighted by molar-refractivity contribution is -0.144. The number of hydrogen-bond donors (Lipinski definition) is 3. The fourth-order valence-corrected chi connectivity index (χ4v) is 3.63. The largest absolute Gasteiger partial charge is 0.508 e. The van der Waals surface area contributed by atoms with Gasteiger partial charge in [-0.2, -0.15) is 0 Å². The van der Waals surface area contributed by atoms with Crippen molar-refractivity contribution in [1.29, 1.82) is 0 Å². The second kappa shape index (κ2) is 12.8. The molecule has 0 aliphatic carbocycles. The third-order valence-corrected chi connectivity index (χ3v) is 5.13. The van der Waals surface area contributed by atoms with Crippen molar-refractivity contribution in [3.63, 3.8) is 0 Å². The van der Waals surface area contributed by atoms with Crippen LogP contribution in [-0.4, -0.2) is 51.6 Å². The van der Waals surface area contributed by atoms with E-state index >= 15 is 0 Å². The summed E-state index contributed by atoms with van der Waals surface area (Å²) >= 11 is 0. The number of nitrogens with zero attached hydrogens (tertiary/aromatic N) is 1. The van der Waals surface area contributed by atoms with E-state index in [0.29, 0.717) is 18.5 Å². The van der Waals surface area contributed by atoms with Crippen molar-refractivity contribution in [3.05, 3.63) is 29.8 Å². The lowest BCUT2D eigenvalue weighted by Gasteiger charge is -2.37. The number of nitrogens with one attached hydrogen (secondary N) is 2. The summed E-state index contributed by atoms with van der Waals surface area (Å²) in [5.41, 5.74) is -0.751. The molecule has 0 radical (unpaired) electrons. The highest BCUT2D eigenvalue weighted by Crippen LogP contribution is 2.27. The number of unbranched alkanes of at least 4 members (excludes halogenated alkanes) is 2. The van der Waals surface area contributed by atoms with Gasteiger partial charge in [0.05, 0.1) is 0 Å². The van der Waals surface area contributed by atoms with E-state index in [-0.39, 0.29) is 23.5 Å². The summed E-state index contributed by atoms with van der Waals surface area (Å²) in [6.45, 7) is 16.9. The molecule has 2 atom stereocenters. The number of carbonyl (C=O) groups excluding carboxylic acids is 3. The average Bonchev–Trinajstić information content (AvgIpc) is 2.68. The number of aromatic hydroxyl groups is 1. The van der Waals surface area contributed by atoms with Crippen LogP contribution in [0.3, 0.4) is 0 Å². The topological polar surface area (TPSA) is 108 Å². The monoisotopic (exact) mass is 491 g/mol. The van der Waals surface area contributed by atoms with Gasteiger partial charge in [0.2, 0.25) is 11.8 Å². The number of hydrogen-bond acceptors (Lipinski definition) is 5. The minimum absolute atomic E-state index is 0.00399. The van der Waals surface area contributed by atoms with E-state index in [2.05, 4.69) is 17.6 Å². The Hall–Kier alpha value is -2.77. The minimum atomic E-state index is -0.979. The van der Waals surface area contributed by atoms with Gasteiger partial charge in [-0.05, 0) is 71.6 Å². The van der Waals surface area contributed by atoms with Crippen molar-refractivity contribution in [1.82, 2.24) is 15.5 Å². The predicted octanol–water partition coefficient (Wildman–Crippen LogP) is 4.92. The van der Waals surface area contributed by atoms with Gasteiger partial charge >= 0.3 is 6.09 Å². The highest BCUT2D eigenvalue weighted by atomic mass is 16.6. The van der Waals surface area contributed by atoms with Gasteiger partial charge < -0.3 is 25.4 Å². The maximum absolute atomic E-state index is 14.0. The molecule has 1 rings (SSSR count). The molecule has 0 bridgehead atoms. The molecule has 8 nitrogen and oxygen atoms in total. The number of rotatable bonds is 10. The first-order valence-electron chi connectivity index (χ1n) is 12.5. The van der Waals surface area contributed by atoms with Crippen LogP contribution in [0.4, 0.5) is 4.79 Å². The highest BCUT2D eigenvalue weighted by molar-refractivity contribution is 5.92. The number of phenolic OH excluding ortho intramolecular Hbond substituents is 1. The van der Waals surface area contributed by atoms with Crippen LogP contribution in [0.25, 0.3) is 0 Å². The first kappa shape index (κ1) is 30.3. The Morgan fingerprint density at radius 3 is 2.17 bits per heavy atom. The van der Waals surface area contributed by atoms with E-state index in [1.807, 2.05) is 34.6 Å². The number of phenols is 1. The van der Waals surface area contributed by atoms with E-state index < -0.39 is 29.3 Å². The Morgan fingerprint density at radius 2 is 1.69 bits per heavy atom. The number of ether oxygens (including phenoxy) is 1. The second-order valence-corrected chi connectivity index (χ2v) is 11.3.